The first kappa shape index (κ1) is 19.0. The number of carbonyl (C=O) groups is 1. The molecule has 2 aromatic heterocycles. The summed E-state index contributed by atoms with van der Waals surface area (Å²) in [7, 11) is 1.72. The van der Waals surface area contributed by atoms with Crippen molar-refractivity contribution in [2.75, 3.05) is 0 Å². The molecule has 2 aromatic rings. The average Bonchev–Trinajstić information content (AvgIpc) is 2.85. The Hall–Kier alpha value is -2.37. The summed E-state index contributed by atoms with van der Waals surface area (Å²) in [5.41, 5.74) is 4.77. The molecule has 1 N–H and O–H groups in total. The summed E-state index contributed by atoms with van der Waals surface area (Å²) >= 11 is 0. The van der Waals surface area contributed by atoms with E-state index in [0.717, 1.165) is 41.2 Å². The van der Waals surface area contributed by atoms with Gasteiger partial charge >= 0.3 is 0 Å². The van der Waals surface area contributed by atoms with E-state index in [4.69, 9.17) is 0 Å². The summed E-state index contributed by atoms with van der Waals surface area (Å²) in [6, 6.07) is 1.47. The number of rotatable bonds is 5. The number of aromatic nitrogens is 3. The van der Waals surface area contributed by atoms with Gasteiger partial charge in [-0.3, -0.25) is 14.3 Å². The van der Waals surface area contributed by atoms with Gasteiger partial charge in [-0.15, -0.1) is 0 Å². The highest BCUT2D eigenvalue weighted by molar-refractivity contribution is 5.94. The van der Waals surface area contributed by atoms with Gasteiger partial charge in [0.15, 0.2) is 0 Å². The zero-order valence-corrected chi connectivity index (χ0v) is 16.2. The van der Waals surface area contributed by atoms with Crippen LogP contribution in [0.4, 0.5) is 0 Å². The van der Waals surface area contributed by atoms with E-state index in [0.29, 0.717) is 0 Å². The van der Waals surface area contributed by atoms with E-state index >= 15 is 0 Å². The molecule has 0 saturated carbocycles. The molecular formula is C19H28N4O2. The fourth-order valence-corrected chi connectivity index (χ4v) is 3.60. The van der Waals surface area contributed by atoms with Crippen LogP contribution in [0.2, 0.25) is 0 Å². The molecule has 1 amide bonds. The number of pyridine rings is 1. The highest BCUT2D eigenvalue weighted by atomic mass is 16.2. The van der Waals surface area contributed by atoms with Gasteiger partial charge in [0.25, 0.3) is 11.5 Å². The maximum absolute atomic E-state index is 12.7. The van der Waals surface area contributed by atoms with Crippen molar-refractivity contribution in [3.05, 3.63) is 50.2 Å². The minimum Gasteiger partial charge on any atom is -0.345 e. The smallest absolute Gasteiger partial charge is 0.263 e. The number of carbonyl (C=O) groups excluding carboxylic acids is 1. The molecule has 2 rings (SSSR count). The van der Waals surface area contributed by atoms with E-state index in [1.165, 1.54) is 0 Å². The molecule has 0 aliphatic heterocycles. The molecule has 136 valence electrons. The van der Waals surface area contributed by atoms with Crippen LogP contribution in [-0.2, 0) is 20.0 Å². The summed E-state index contributed by atoms with van der Waals surface area (Å²) < 4.78 is 3.49. The number of nitrogens with zero attached hydrogens (tertiary/aromatic N) is 3. The van der Waals surface area contributed by atoms with Gasteiger partial charge in [0, 0.05) is 30.5 Å². The van der Waals surface area contributed by atoms with Crippen LogP contribution < -0.4 is 10.9 Å². The second-order valence-corrected chi connectivity index (χ2v) is 6.50. The van der Waals surface area contributed by atoms with Crippen LogP contribution in [0.15, 0.2) is 10.9 Å². The third kappa shape index (κ3) is 3.38. The maximum Gasteiger partial charge on any atom is 0.263 e. The van der Waals surface area contributed by atoms with Gasteiger partial charge in [-0.25, -0.2) is 0 Å². The summed E-state index contributed by atoms with van der Waals surface area (Å²) in [5.74, 6) is -0.345. The molecule has 0 fully saturated rings. The van der Waals surface area contributed by atoms with E-state index < -0.39 is 0 Å². The predicted molar refractivity (Wildman–Crippen MR) is 99.1 cm³/mol. The fraction of sp³-hybridized carbons (Fsp3) is 0.526. The van der Waals surface area contributed by atoms with Crippen LogP contribution in [0, 0.1) is 20.8 Å². The van der Waals surface area contributed by atoms with Gasteiger partial charge in [-0.2, -0.15) is 5.10 Å². The fourth-order valence-electron chi connectivity index (χ4n) is 3.60. The molecule has 25 heavy (non-hydrogen) atoms. The molecule has 0 unspecified atom stereocenters. The second-order valence-electron chi connectivity index (χ2n) is 6.50. The first-order valence-electron chi connectivity index (χ1n) is 8.77. The van der Waals surface area contributed by atoms with Crippen molar-refractivity contribution in [2.24, 2.45) is 7.05 Å². The molecule has 0 bridgehead atoms. The van der Waals surface area contributed by atoms with Gasteiger partial charge in [0.2, 0.25) is 0 Å². The summed E-state index contributed by atoms with van der Waals surface area (Å²) in [6.07, 6.45) is 0.754. The van der Waals surface area contributed by atoms with Crippen LogP contribution in [-0.4, -0.2) is 20.3 Å². The Morgan fingerprint density at radius 3 is 2.44 bits per heavy atom. The normalized spacial score (nSPS) is 12.3. The highest BCUT2D eigenvalue weighted by Crippen LogP contribution is 2.21. The van der Waals surface area contributed by atoms with Crippen molar-refractivity contribution in [1.82, 2.24) is 19.7 Å². The first-order chi connectivity index (χ1) is 11.7. The topological polar surface area (TPSA) is 68.9 Å². The lowest BCUT2D eigenvalue weighted by atomic mass is 10.0. The van der Waals surface area contributed by atoms with Crippen LogP contribution in [0.25, 0.3) is 0 Å². The monoisotopic (exact) mass is 344 g/mol. The minimum absolute atomic E-state index is 0.183. The molecule has 0 spiro atoms. The Bertz CT molecular complexity index is 861. The quantitative estimate of drug-likeness (QED) is 0.906. The predicted octanol–water partition coefficient (Wildman–Crippen LogP) is 2.58. The van der Waals surface area contributed by atoms with Crippen molar-refractivity contribution in [2.45, 2.75) is 60.5 Å². The summed E-state index contributed by atoms with van der Waals surface area (Å²) in [5, 5.41) is 7.46. The van der Waals surface area contributed by atoms with Crippen molar-refractivity contribution in [1.29, 1.82) is 0 Å². The largest absolute Gasteiger partial charge is 0.345 e. The molecule has 6 nitrogen and oxygen atoms in total. The number of aryl methyl sites for hydroxylation is 3. The Balaban J connectivity index is 2.35. The van der Waals surface area contributed by atoms with Gasteiger partial charge in [0.1, 0.15) is 5.56 Å². The average molecular weight is 344 g/mol. The van der Waals surface area contributed by atoms with E-state index in [-0.39, 0.29) is 23.1 Å². The second kappa shape index (κ2) is 7.25. The van der Waals surface area contributed by atoms with Crippen LogP contribution in [0.3, 0.4) is 0 Å². The number of amides is 1. The lowest BCUT2D eigenvalue weighted by Crippen LogP contribution is -2.35. The lowest BCUT2D eigenvalue weighted by Gasteiger charge is -2.17. The Morgan fingerprint density at radius 2 is 1.92 bits per heavy atom. The van der Waals surface area contributed by atoms with E-state index in [1.54, 1.807) is 17.7 Å². The van der Waals surface area contributed by atoms with Crippen molar-refractivity contribution in [3.63, 3.8) is 0 Å². The number of hydrogen-bond acceptors (Lipinski definition) is 3. The molecule has 0 aliphatic rings. The van der Waals surface area contributed by atoms with Gasteiger partial charge in [-0.05, 0) is 52.7 Å². The van der Waals surface area contributed by atoms with Crippen LogP contribution >= 0.6 is 0 Å². The standard InChI is InChI=1S/C19H28N4O2/c1-8-16-11(3)10-15(19(25)22(16)7)18(24)20-12(4)17-13(5)21-23(9-2)14(17)6/h10,12H,8-9H2,1-7H3,(H,20,24)/t12-/m0/s1. The lowest BCUT2D eigenvalue weighted by molar-refractivity contribution is 0.0937. The van der Waals surface area contributed by atoms with Crippen LogP contribution in [0.1, 0.15) is 65.4 Å². The summed E-state index contributed by atoms with van der Waals surface area (Å²) in [6.45, 7) is 12.6. The Morgan fingerprint density at radius 1 is 1.28 bits per heavy atom. The molecule has 1 atom stereocenters. The van der Waals surface area contributed by atoms with Crippen molar-refractivity contribution >= 4 is 5.91 Å². The molecule has 2 heterocycles. The van der Waals surface area contributed by atoms with Gasteiger partial charge < -0.3 is 9.88 Å². The minimum atomic E-state index is -0.345. The molecule has 0 aliphatic carbocycles. The van der Waals surface area contributed by atoms with Crippen LogP contribution in [0.5, 0.6) is 0 Å². The van der Waals surface area contributed by atoms with E-state index in [9.17, 15) is 9.59 Å². The third-order valence-electron chi connectivity index (χ3n) is 4.85. The number of nitrogens with one attached hydrogen (secondary N) is 1. The van der Waals surface area contributed by atoms with E-state index in [2.05, 4.69) is 10.4 Å². The third-order valence-corrected chi connectivity index (χ3v) is 4.85. The molecule has 0 radical (unpaired) electrons. The molecule has 0 saturated heterocycles. The highest BCUT2D eigenvalue weighted by Gasteiger charge is 2.21. The van der Waals surface area contributed by atoms with Crippen molar-refractivity contribution < 1.29 is 4.79 Å². The first-order valence-corrected chi connectivity index (χ1v) is 8.77. The Kier molecular flexibility index (Phi) is 5.50. The molecule has 6 heteroatoms. The van der Waals surface area contributed by atoms with Gasteiger partial charge in [0.05, 0.1) is 11.7 Å². The zero-order valence-electron chi connectivity index (χ0n) is 16.2. The van der Waals surface area contributed by atoms with Gasteiger partial charge in [-0.1, -0.05) is 6.92 Å². The number of hydrogen-bond donors (Lipinski definition) is 1. The maximum atomic E-state index is 12.7. The molecule has 0 aromatic carbocycles. The SMILES string of the molecule is CCc1c(C)cc(C(=O)N[C@@H](C)c2c(C)nn(CC)c2C)c(=O)n1C. The Labute approximate surface area is 148 Å². The zero-order chi connectivity index (χ0) is 18.9. The van der Waals surface area contributed by atoms with Crippen molar-refractivity contribution in [3.8, 4) is 0 Å². The summed E-state index contributed by atoms with van der Waals surface area (Å²) in [4.78, 5) is 25.2. The van der Waals surface area contributed by atoms with E-state index in [1.807, 2.05) is 46.2 Å². The molecular weight excluding hydrogens is 316 g/mol.